The average Bonchev–Trinajstić information content (AvgIpc) is 2.92. The summed E-state index contributed by atoms with van der Waals surface area (Å²) in [5.41, 5.74) is 9.55. The number of nitrogen functional groups attached to an aromatic ring is 1. The molecule has 0 aliphatic carbocycles. The van der Waals surface area contributed by atoms with Gasteiger partial charge < -0.3 is 11.1 Å². The Morgan fingerprint density at radius 3 is 2.52 bits per heavy atom. The van der Waals surface area contributed by atoms with Crippen molar-refractivity contribution < 1.29 is 8.42 Å². The predicted octanol–water partition coefficient (Wildman–Crippen LogP) is 2.21. The first-order valence-electron chi connectivity index (χ1n) is 7.46. The molecule has 8 nitrogen and oxygen atoms in total. The lowest BCUT2D eigenvalue weighted by Crippen LogP contribution is -2.04. The number of nitrogens with two attached hydrogens (primary N) is 1. The average molecular weight is 358 g/mol. The fourth-order valence-electron chi connectivity index (χ4n) is 2.48. The molecule has 0 saturated carbocycles. The molecule has 130 valence electrons. The lowest BCUT2D eigenvalue weighted by molar-refractivity contribution is 0.601. The van der Waals surface area contributed by atoms with E-state index in [2.05, 4.69) is 25.5 Å². The topological polar surface area (TPSA) is 127 Å². The summed E-state index contributed by atoms with van der Waals surface area (Å²) in [5.74, 6) is 0.619. The Bertz CT molecular complexity index is 1040. The maximum Gasteiger partial charge on any atom is 0.229 e. The van der Waals surface area contributed by atoms with Gasteiger partial charge in [-0.1, -0.05) is 0 Å². The van der Waals surface area contributed by atoms with Crippen LogP contribution in [0.4, 0.5) is 17.5 Å². The second-order valence-corrected chi connectivity index (χ2v) is 7.79. The lowest BCUT2D eigenvalue weighted by Gasteiger charge is -2.10. The number of hydrogen-bond donors (Lipinski definition) is 3. The zero-order valence-electron chi connectivity index (χ0n) is 14.0. The van der Waals surface area contributed by atoms with E-state index in [9.17, 15) is 8.42 Å². The molecule has 2 aromatic heterocycles. The van der Waals surface area contributed by atoms with Gasteiger partial charge in [-0.3, -0.25) is 5.10 Å². The van der Waals surface area contributed by atoms with Gasteiger partial charge in [0.05, 0.1) is 16.2 Å². The van der Waals surface area contributed by atoms with Crippen molar-refractivity contribution in [3.05, 3.63) is 41.7 Å². The Kier molecular flexibility index (Phi) is 4.17. The molecule has 0 bridgehead atoms. The monoisotopic (exact) mass is 358 g/mol. The van der Waals surface area contributed by atoms with Gasteiger partial charge in [-0.15, -0.1) is 0 Å². The van der Waals surface area contributed by atoms with Gasteiger partial charge in [0, 0.05) is 23.8 Å². The third-order valence-electron chi connectivity index (χ3n) is 3.63. The van der Waals surface area contributed by atoms with E-state index < -0.39 is 9.84 Å². The van der Waals surface area contributed by atoms with Crippen LogP contribution in [0.5, 0.6) is 0 Å². The number of rotatable bonds is 4. The summed E-state index contributed by atoms with van der Waals surface area (Å²) in [6.45, 7) is 3.63. The Hall–Kier alpha value is -2.94. The third kappa shape index (κ3) is 3.61. The van der Waals surface area contributed by atoms with Crippen molar-refractivity contribution in [2.75, 3.05) is 17.3 Å². The molecule has 0 radical (unpaired) electrons. The van der Waals surface area contributed by atoms with Crippen LogP contribution >= 0.6 is 0 Å². The maximum absolute atomic E-state index is 11.7. The minimum atomic E-state index is -3.25. The van der Waals surface area contributed by atoms with Crippen molar-refractivity contribution in [3.63, 3.8) is 0 Å². The van der Waals surface area contributed by atoms with Gasteiger partial charge in [0.1, 0.15) is 5.82 Å². The molecule has 9 heteroatoms. The quantitative estimate of drug-likeness (QED) is 0.652. The Labute approximate surface area is 145 Å². The van der Waals surface area contributed by atoms with Crippen LogP contribution in [0.2, 0.25) is 0 Å². The molecule has 2 heterocycles. The van der Waals surface area contributed by atoms with E-state index in [0.717, 1.165) is 5.69 Å². The first-order chi connectivity index (χ1) is 11.7. The second kappa shape index (κ2) is 6.17. The predicted molar refractivity (Wildman–Crippen MR) is 96.3 cm³/mol. The molecule has 3 aromatic rings. The molecule has 0 unspecified atom stereocenters. The summed E-state index contributed by atoms with van der Waals surface area (Å²) in [6, 6.07) is 6.79. The molecule has 0 fully saturated rings. The van der Waals surface area contributed by atoms with Crippen molar-refractivity contribution in [1.82, 2.24) is 20.2 Å². The highest BCUT2D eigenvalue weighted by molar-refractivity contribution is 7.90. The van der Waals surface area contributed by atoms with E-state index in [-0.39, 0.29) is 0 Å². The zero-order chi connectivity index (χ0) is 18.2. The number of nitrogens with one attached hydrogen (secondary N) is 2. The van der Waals surface area contributed by atoms with E-state index >= 15 is 0 Å². The summed E-state index contributed by atoms with van der Waals surface area (Å²) >= 11 is 0. The number of nitrogens with zero attached hydrogens (tertiary/aromatic N) is 3. The summed E-state index contributed by atoms with van der Waals surface area (Å²) in [5, 5.41) is 10.0. The molecule has 4 N–H and O–H groups in total. The van der Waals surface area contributed by atoms with Crippen LogP contribution < -0.4 is 11.1 Å². The van der Waals surface area contributed by atoms with Crippen LogP contribution in [0.25, 0.3) is 11.3 Å². The number of aromatic amines is 1. The molecular formula is C16H18N6O2S. The van der Waals surface area contributed by atoms with Crippen LogP contribution in [-0.2, 0) is 9.84 Å². The van der Waals surface area contributed by atoms with Crippen molar-refractivity contribution >= 4 is 27.3 Å². The van der Waals surface area contributed by atoms with E-state index in [4.69, 9.17) is 5.73 Å². The van der Waals surface area contributed by atoms with E-state index in [1.165, 1.54) is 6.26 Å². The fraction of sp³-hybridized carbons (Fsp3) is 0.188. The van der Waals surface area contributed by atoms with Crippen LogP contribution in [-0.4, -0.2) is 34.8 Å². The van der Waals surface area contributed by atoms with Gasteiger partial charge in [-0.2, -0.15) is 10.1 Å². The Morgan fingerprint density at radius 1 is 1.20 bits per heavy atom. The molecule has 0 amide bonds. The first kappa shape index (κ1) is 16.9. The minimum Gasteiger partial charge on any atom is -0.383 e. The van der Waals surface area contributed by atoms with Gasteiger partial charge in [0.25, 0.3) is 0 Å². The third-order valence-corrected chi connectivity index (χ3v) is 4.89. The van der Waals surface area contributed by atoms with Crippen molar-refractivity contribution in [1.29, 1.82) is 0 Å². The van der Waals surface area contributed by atoms with Crippen LogP contribution in [0.3, 0.4) is 0 Å². The molecule has 0 saturated heterocycles. The lowest BCUT2D eigenvalue weighted by atomic mass is 10.2. The number of benzene rings is 1. The normalized spacial score (nSPS) is 11.5. The highest BCUT2D eigenvalue weighted by Crippen LogP contribution is 2.25. The summed E-state index contributed by atoms with van der Waals surface area (Å²) < 4.78 is 23.3. The van der Waals surface area contributed by atoms with Crippen LogP contribution in [0.1, 0.15) is 11.3 Å². The van der Waals surface area contributed by atoms with Crippen LogP contribution in [0, 0.1) is 13.8 Å². The van der Waals surface area contributed by atoms with Gasteiger partial charge in [-0.25, -0.2) is 13.4 Å². The number of aromatic nitrogens is 4. The first-order valence-corrected chi connectivity index (χ1v) is 9.36. The van der Waals surface area contributed by atoms with Crippen LogP contribution in [0.15, 0.2) is 35.4 Å². The van der Waals surface area contributed by atoms with E-state index in [1.54, 1.807) is 31.3 Å². The van der Waals surface area contributed by atoms with E-state index in [1.807, 2.05) is 13.0 Å². The fourth-order valence-corrected chi connectivity index (χ4v) is 3.44. The van der Waals surface area contributed by atoms with Gasteiger partial charge in [-0.05, 0) is 43.7 Å². The smallest absolute Gasteiger partial charge is 0.229 e. The van der Waals surface area contributed by atoms with Gasteiger partial charge >= 0.3 is 0 Å². The number of H-pyrrole nitrogens is 1. The molecule has 0 spiro atoms. The highest BCUT2D eigenvalue weighted by atomic mass is 32.2. The number of aryl methyl sites for hydroxylation is 2. The maximum atomic E-state index is 11.7. The molecular weight excluding hydrogens is 340 g/mol. The number of anilines is 3. The molecule has 0 aliphatic rings. The standard InChI is InChI=1S/C16H18N6O2S/c1-9-6-11(4-5-14(9)25(3,23)24)19-16-18-8-12(15(17)20-16)13-7-10(2)21-22-13/h4-8H,1-3H3,(H,21,22)(H3,17,18,19,20). The minimum absolute atomic E-state index is 0.294. The highest BCUT2D eigenvalue weighted by Gasteiger charge is 2.12. The largest absolute Gasteiger partial charge is 0.383 e. The zero-order valence-corrected chi connectivity index (χ0v) is 14.8. The van der Waals surface area contributed by atoms with Crippen molar-refractivity contribution in [2.45, 2.75) is 18.7 Å². The SMILES string of the molecule is Cc1cc(-c2cnc(Nc3ccc(S(C)(=O)=O)c(C)c3)nc2N)n[nH]1. The molecule has 25 heavy (non-hydrogen) atoms. The van der Waals surface area contributed by atoms with Crippen molar-refractivity contribution in [3.8, 4) is 11.3 Å². The Morgan fingerprint density at radius 2 is 1.96 bits per heavy atom. The molecule has 0 aliphatic heterocycles. The van der Waals surface area contributed by atoms with E-state index in [0.29, 0.717) is 39.2 Å². The second-order valence-electron chi connectivity index (χ2n) is 5.81. The molecule has 3 rings (SSSR count). The molecule has 1 aromatic carbocycles. The number of sulfone groups is 1. The Balaban J connectivity index is 1.87. The van der Waals surface area contributed by atoms with Gasteiger partial charge in [0.2, 0.25) is 5.95 Å². The molecule has 0 atom stereocenters. The summed E-state index contributed by atoms with van der Waals surface area (Å²) in [7, 11) is -3.25. The van der Waals surface area contributed by atoms with Gasteiger partial charge in [0.15, 0.2) is 9.84 Å². The van der Waals surface area contributed by atoms with Crippen molar-refractivity contribution in [2.24, 2.45) is 0 Å². The summed E-state index contributed by atoms with van der Waals surface area (Å²) in [6.07, 6.45) is 2.78. The number of hydrogen-bond acceptors (Lipinski definition) is 7. The summed E-state index contributed by atoms with van der Waals surface area (Å²) in [4.78, 5) is 8.78.